The Balaban J connectivity index is 2.07. The number of ether oxygens (including phenoxy) is 2. The van der Waals surface area contributed by atoms with Gasteiger partial charge in [0.1, 0.15) is 24.4 Å². The van der Waals surface area contributed by atoms with Crippen LogP contribution in [0.25, 0.3) is 0 Å². The van der Waals surface area contributed by atoms with Crippen LogP contribution in [0.5, 0.6) is 0 Å². The van der Waals surface area contributed by atoms with Crippen molar-refractivity contribution < 1.29 is 39.8 Å². The Morgan fingerprint density at radius 1 is 0.365 bits per heavy atom. The minimum atomic E-state index is -1.56. The van der Waals surface area contributed by atoms with Crippen LogP contribution in [0, 0.1) is 0 Å². The molecule has 1 fully saturated rings. The third-order valence-electron chi connectivity index (χ3n) is 19.1. The SMILES string of the molecule is CC/C=C\C/C=C\C/C=C\C/C=C\C/C=C\C/C=C\C/C=C\C/C=C\C/C=C\CCCCCCCCCCCCCCCC(=O)NC(COC1OC(CO)C(O)C(O)C1O)C(O)CCCCCCCCCCCCCCCCCCCCCCCCCCCCCCCCCC. The molecule has 556 valence electrons. The molecule has 0 saturated carbocycles. The zero-order valence-corrected chi connectivity index (χ0v) is 62.6. The maximum Gasteiger partial charge on any atom is 0.220 e. The second-order valence-corrected chi connectivity index (χ2v) is 28.2. The first kappa shape index (κ1) is 90.9. The van der Waals surface area contributed by atoms with Gasteiger partial charge in [0, 0.05) is 6.42 Å². The lowest BCUT2D eigenvalue weighted by molar-refractivity contribution is -0.302. The van der Waals surface area contributed by atoms with Crippen LogP contribution in [0.1, 0.15) is 380 Å². The van der Waals surface area contributed by atoms with E-state index >= 15 is 0 Å². The molecule has 1 aliphatic heterocycles. The molecule has 9 nitrogen and oxygen atoms in total. The summed E-state index contributed by atoms with van der Waals surface area (Å²) in [6.45, 7) is 3.77. The molecule has 1 saturated heterocycles. The van der Waals surface area contributed by atoms with E-state index in [1.165, 1.54) is 257 Å². The first-order valence-electron chi connectivity index (χ1n) is 41.1. The predicted octanol–water partition coefficient (Wildman–Crippen LogP) is 23.9. The Labute approximate surface area is 593 Å². The van der Waals surface area contributed by atoms with Crippen molar-refractivity contribution in [2.45, 2.75) is 423 Å². The number of carbonyl (C=O) groups is 1. The molecule has 0 aliphatic carbocycles. The summed E-state index contributed by atoms with van der Waals surface area (Å²) >= 11 is 0. The van der Waals surface area contributed by atoms with Gasteiger partial charge >= 0.3 is 0 Å². The fourth-order valence-electron chi connectivity index (χ4n) is 12.8. The summed E-state index contributed by atoms with van der Waals surface area (Å²) in [5.41, 5.74) is 0. The highest BCUT2D eigenvalue weighted by Gasteiger charge is 2.44. The maximum absolute atomic E-state index is 13.2. The Morgan fingerprint density at radius 3 is 0.958 bits per heavy atom. The normalized spacial score (nSPS) is 18.0. The Kier molecular flexibility index (Phi) is 70.5. The highest BCUT2D eigenvalue weighted by Crippen LogP contribution is 2.24. The molecule has 6 N–H and O–H groups in total. The highest BCUT2D eigenvalue weighted by atomic mass is 16.7. The molecule has 0 aromatic carbocycles. The van der Waals surface area contributed by atoms with Crippen molar-refractivity contribution in [1.29, 1.82) is 0 Å². The zero-order valence-electron chi connectivity index (χ0n) is 62.6. The molecule has 0 radical (unpaired) electrons. The van der Waals surface area contributed by atoms with Gasteiger partial charge in [-0.1, -0.05) is 399 Å². The van der Waals surface area contributed by atoms with E-state index < -0.39 is 49.5 Å². The second kappa shape index (κ2) is 74.5. The second-order valence-electron chi connectivity index (χ2n) is 28.2. The average molecular weight is 1340 g/mol. The third-order valence-corrected chi connectivity index (χ3v) is 19.1. The number of carbonyl (C=O) groups excluding carboxylic acids is 1. The smallest absolute Gasteiger partial charge is 0.220 e. The number of allylic oxidation sites excluding steroid dienone is 18. The van der Waals surface area contributed by atoms with Crippen molar-refractivity contribution in [3.8, 4) is 0 Å². The fraction of sp³-hybridized carbons (Fsp3) is 0.782. The van der Waals surface area contributed by atoms with E-state index in [9.17, 15) is 30.3 Å². The molecule has 0 aromatic rings. The summed E-state index contributed by atoms with van der Waals surface area (Å²) in [7, 11) is 0. The monoisotopic (exact) mass is 1340 g/mol. The molecule has 7 atom stereocenters. The number of hydrogen-bond donors (Lipinski definition) is 6. The van der Waals surface area contributed by atoms with E-state index in [0.29, 0.717) is 12.8 Å². The molecule has 1 rings (SSSR count). The number of unbranched alkanes of at least 4 members (excludes halogenated alkanes) is 44. The topological polar surface area (TPSA) is 149 Å². The minimum absolute atomic E-state index is 0.140. The van der Waals surface area contributed by atoms with Crippen molar-refractivity contribution in [2.24, 2.45) is 0 Å². The first-order valence-corrected chi connectivity index (χ1v) is 41.1. The number of hydrogen-bond acceptors (Lipinski definition) is 8. The van der Waals surface area contributed by atoms with E-state index in [-0.39, 0.29) is 12.5 Å². The molecule has 0 spiro atoms. The van der Waals surface area contributed by atoms with Crippen LogP contribution in [0.2, 0.25) is 0 Å². The van der Waals surface area contributed by atoms with E-state index in [0.717, 1.165) is 96.3 Å². The Morgan fingerprint density at radius 2 is 0.646 bits per heavy atom. The van der Waals surface area contributed by atoms with Gasteiger partial charge in [0.05, 0.1) is 25.4 Å². The molecule has 0 bridgehead atoms. The summed E-state index contributed by atoms with van der Waals surface area (Å²) in [6.07, 6.45) is 103. The van der Waals surface area contributed by atoms with Gasteiger partial charge in [-0.2, -0.15) is 0 Å². The van der Waals surface area contributed by atoms with Gasteiger partial charge in [-0.25, -0.2) is 0 Å². The molecule has 1 aliphatic rings. The van der Waals surface area contributed by atoms with Gasteiger partial charge in [-0.3, -0.25) is 4.79 Å². The van der Waals surface area contributed by atoms with Crippen molar-refractivity contribution in [3.63, 3.8) is 0 Å². The third kappa shape index (κ3) is 61.9. The number of amides is 1. The van der Waals surface area contributed by atoms with Crippen molar-refractivity contribution >= 4 is 5.91 Å². The summed E-state index contributed by atoms with van der Waals surface area (Å²) in [6, 6.07) is -0.728. The summed E-state index contributed by atoms with van der Waals surface area (Å²) < 4.78 is 11.4. The molecular formula is C87H155NO8. The Bertz CT molecular complexity index is 1900. The molecular weight excluding hydrogens is 1190 g/mol. The minimum Gasteiger partial charge on any atom is -0.394 e. The van der Waals surface area contributed by atoms with Crippen LogP contribution in [-0.4, -0.2) is 87.5 Å². The Hall–Kier alpha value is -3.15. The van der Waals surface area contributed by atoms with Gasteiger partial charge in [-0.05, 0) is 83.5 Å². The van der Waals surface area contributed by atoms with Crippen LogP contribution in [0.15, 0.2) is 109 Å². The van der Waals surface area contributed by atoms with Gasteiger partial charge in [0.2, 0.25) is 5.91 Å². The molecule has 7 unspecified atom stereocenters. The van der Waals surface area contributed by atoms with E-state index in [2.05, 4.69) is 129 Å². The largest absolute Gasteiger partial charge is 0.394 e. The van der Waals surface area contributed by atoms with Gasteiger partial charge in [0.15, 0.2) is 6.29 Å². The van der Waals surface area contributed by atoms with Crippen molar-refractivity contribution in [1.82, 2.24) is 5.32 Å². The number of aliphatic hydroxyl groups is 5. The van der Waals surface area contributed by atoms with Crippen molar-refractivity contribution in [2.75, 3.05) is 13.2 Å². The van der Waals surface area contributed by atoms with Gasteiger partial charge in [0.25, 0.3) is 0 Å². The van der Waals surface area contributed by atoms with E-state index in [1.807, 2.05) is 0 Å². The van der Waals surface area contributed by atoms with Crippen LogP contribution in [0.4, 0.5) is 0 Å². The number of rotatable bonds is 72. The van der Waals surface area contributed by atoms with Gasteiger partial charge in [-0.15, -0.1) is 0 Å². The summed E-state index contributed by atoms with van der Waals surface area (Å²) in [4.78, 5) is 13.2. The zero-order chi connectivity index (χ0) is 69.2. The average Bonchev–Trinajstić information content (AvgIpc) is 0.840. The summed E-state index contributed by atoms with van der Waals surface area (Å²) in [5.74, 6) is -0.143. The standard InChI is InChI=1S/C87H155NO8/c1-3-5-7-9-11-13-15-17-19-21-23-25-27-29-31-33-35-37-38-39-40-41-42-43-44-45-47-49-51-53-55-57-59-61-63-65-67-69-71-73-75-77-83(91)88-80(79-95-87-86(94)85(93)84(92)82(78-89)96-87)81(90)76-74-72-70-68-66-64-62-60-58-56-54-52-50-48-46-36-34-32-30-28-26-24-22-20-18-16-14-12-10-8-6-4-2/h5,7,11,13,17,19,23,25,29,31,35,37,39-40,42-43,45,47,80-82,84-87,89-90,92-94H,3-4,6,8-10,12,14-16,18,20-22,24,26-28,30,32-34,36,38,41,44,46,48-79H2,1-2H3,(H,88,91)/b7-5-,13-11-,19-17-,25-23-,31-29-,37-35-,40-39-,43-42-,47-45-. The maximum atomic E-state index is 13.2. The number of aliphatic hydroxyl groups excluding tert-OH is 5. The summed E-state index contributed by atoms with van der Waals surface area (Å²) in [5, 5.41) is 55.1. The van der Waals surface area contributed by atoms with E-state index in [4.69, 9.17) is 9.47 Å². The molecule has 1 heterocycles. The van der Waals surface area contributed by atoms with E-state index in [1.54, 1.807) is 0 Å². The van der Waals surface area contributed by atoms with Crippen LogP contribution in [-0.2, 0) is 14.3 Å². The quantitative estimate of drug-likeness (QED) is 0.0261. The van der Waals surface area contributed by atoms with Crippen LogP contribution >= 0.6 is 0 Å². The molecule has 96 heavy (non-hydrogen) atoms. The molecule has 0 aromatic heterocycles. The number of nitrogens with one attached hydrogen (secondary N) is 1. The van der Waals surface area contributed by atoms with Crippen molar-refractivity contribution in [3.05, 3.63) is 109 Å². The highest BCUT2D eigenvalue weighted by molar-refractivity contribution is 5.76. The first-order chi connectivity index (χ1) is 47.3. The molecule has 9 heteroatoms. The van der Waals surface area contributed by atoms with Crippen LogP contribution < -0.4 is 5.32 Å². The predicted molar refractivity (Wildman–Crippen MR) is 414 cm³/mol. The fourth-order valence-corrected chi connectivity index (χ4v) is 12.8. The van der Waals surface area contributed by atoms with Gasteiger partial charge < -0.3 is 40.3 Å². The lowest BCUT2D eigenvalue weighted by Gasteiger charge is -2.40. The lowest BCUT2D eigenvalue weighted by Crippen LogP contribution is -2.60. The van der Waals surface area contributed by atoms with Crippen LogP contribution in [0.3, 0.4) is 0 Å². The molecule has 1 amide bonds. The lowest BCUT2D eigenvalue weighted by atomic mass is 9.99.